The van der Waals surface area contributed by atoms with Crippen molar-refractivity contribution >= 4 is 11.9 Å². The molecule has 3 rings (SSSR count). The normalized spacial score (nSPS) is 15.2. The van der Waals surface area contributed by atoms with Gasteiger partial charge in [0.05, 0.1) is 6.04 Å². The molecule has 0 spiro atoms. The van der Waals surface area contributed by atoms with Crippen LogP contribution in [-0.2, 0) is 6.54 Å². The highest BCUT2D eigenvalue weighted by Crippen LogP contribution is 2.14. The van der Waals surface area contributed by atoms with Crippen LogP contribution in [0.15, 0.2) is 12.4 Å². The predicted octanol–water partition coefficient (Wildman–Crippen LogP) is 0.698. The van der Waals surface area contributed by atoms with Crippen molar-refractivity contribution in [3.05, 3.63) is 24.0 Å². The number of fused-ring (bicyclic) bond motifs is 1. The molecule has 0 bridgehead atoms. The SMILES string of the molecule is CCC(NC(=O)c1nc2n(n1)CCCN2)c1ncc[nH]1. The molecule has 20 heavy (non-hydrogen) atoms. The molecule has 2 aromatic heterocycles. The minimum Gasteiger partial charge on any atom is -0.354 e. The van der Waals surface area contributed by atoms with Gasteiger partial charge in [-0.3, -0.25) is 4.79 Å². The van der Waals surface area contributed by atoms with Crippen molar-refractivity contribution in [2.45, 2.75) is 32.4 Å². The van der Waals surface area contributed by atoms with Gasteiger partial charge in [-0.25, -0.2) is 9.67 Å². The van der Waals surface area contributed by atoms with Gasteiger partial charge in [0.2, 0.25) is 11.8 Å². The number of aromatic nitrogens is 5. The third-order valence-corrected chi connectivity index (χ3v) is 3.27. The van der Waals surface area contributed by atoms with Gasteiger partial charge in [0.1, 0.15) is 5.82 Å². The molecule has 1 amide bonds. The Labute approximate surface area is 116 Å². The van der Waals surface area contributed by atoms with Crippen LogP contribution in [0.25, 0.3) is 0 Å². The molecule has 1 aliphatic rings. The van der Waals surface area contributed by atoms with Gasteiger partial charge in [0.15, 0.2) is 0 Å². The maximum atomic E-state index is 12.2. The number of nitrogens with zero attached hydrogens (tertiary/aromatic N) is 4. The molecule has 3 heterocycles. The Kier molecular flexibility index (Phi) is 3.36. The summed E-state index contributed by atoms with van der Waals surface area (Å²) in [5, 5.41) is 10.2. The molecule has 0 saturated heterocycles. The highest BCUT2D eigenvalue weighted by Gasteiger charge is 2.21. The third-order valence-electron chi connectivity index (χ3n) is 3.27. The quantitative estimate of drug-likeness (QED) is 0.762. The zero-order valence-electron chi connectivity index (χ0n) is 11.3. The lowest BCUT2D eigenvalue weighted by molar-refractivity contribution is 0.0923. The summed E-state index contributed by atoms with van der Waals surface area (Å²) >= 11 is 0. The van der Waals surface area contributed by atoms with Crippen LogP contribution in [-0.4, -0.2) is 37.2 Å². The van der Waals surface area contributed by atoms with E-state index in [1.165, 1.54) is 0 Å². The van der Waals surface area contributed by atoms with Gasteiger partial charge in [0, 0.05) is 25.5 Å². The van der Waals surface area contributed by atoms with E-state index in [0.29, 0.717) is 5.95 Å². The summed E-state index contributed by atoms with van der Waals surface area (Å²) in [4.78, 5) is 23.6. The molecular formula is C12H17N7O. The van der Waals surface area contributed by atoms with Crippen LogP contribution < -0.4 is 10.6 Å². The smallest absolute Gasteiger partial charge is 0.291 e. The minimum absolute atomic E-state index is 0.161. The fourth-order valence-electron chi connectivity index (χ4n) is 2.21. The maximum Gasteiger partial charge on any atom is 0.291 e. The number of aryl methyl sites for hydroxylation is 1. The van der Waals surface area contributed by atoms with Gasteiger partial charge in [-0.05, 0) is 12.8 Å². The lowest BCUT2D eigenvalue weighted by Crippen LogP contribution is -2.29. The molecule has 1 unspecified atom stereocenters. The van der Waals surface area contributed by atoms with E-state index in [1.807, 2.05) is 6.92 Å². The van der Waals surface area contributed by atoms with E-state index in [1.54, 1.807) is 17.1 Å². The molecule has 0 saturated carbocycles. The van der Waals surface area contributed by atoms with E-state index < -0.39 is 0 Å². The van der Waals surface area contributed by atoms with Crippen LogP contribution in [0.2, 0.25) is 0 Å². The van der Waals surface area contributed by atoms with Crippen LogP contribution in [0.5, 0.6) is 0 Å². The molecular weight excluding hydrogens is 258 g/mol. The van der Waals surface area contributed by atoms with E-state index >= 15 is 0 Å². The zero-order valence-corrected chi connectivity index (χ0v) is 11.3. The summed E-state index contributed by atoms with van der Waals surface area (Å²) in [6, 6.07) is -0.161. The van der Waals surface area contributed by atoms with Gasteiger partial charge >= 0.3 is 0 Å². The van der Waals surface area contributed by atoms with Crippen molar-refractivity contribution in [3.63, 3.8) is 0 Å². The number of aromatic amines is 1. The van der Waals surface area contributed by atoms with Crippen molar-refractivity contribution in [1.29, 1.82) is 0 Å². The standard InChI is InChI=1S/C12H17N7O/c1-2-8(9-13-5-6-14-9)16-11(20)10-17-12-15-4-3-7-19(12)18-10/h5-6,8H,2-4,7H2,1H3,(H,13,14)(H,16,20)(H,15,17,18). The van der Waals surface area contributed by atoms with E-state index in [-0.39, 0.29) is 17.8 Å². The number of hydrogen-bond donors (Lipinski definition) is 3. The van der Waals surface area contributed by atoms with Crippen molar-refractivity contribution in [2.75, 3.05) is 11.9 Å². The molecule has 3 N–H and O–H groups in total. The third kappa shape index (κ3) is 2.36. The van der Waals surface area contributed by atoms with E-state index in [9.17, 15) is 4.79 Å². The van der Waals surface area contributed by atoms with E-state index in [2.05, 4.69) is 30.7 Å². The van der Waals surface area contributed by atoms with Crippen molar-refractivity contribution in [2.24, 2.45) is 0 Å². The first-order chi connectivity index (χ1) is 9.78. The van der Waals surface area contributed by atoms with Crippen molar-refractivity contribution < 1.29 is 4.79 Å². The number of imidazole rings is 1. The molecule has 0 aromatic carbocycles. The molecule has 1 atom stereocenters. The molecule has 8 heteroatoms. The summed E-state index contributed by atoms with van der Waals surface area (Å²) in [7, 11) is 0. The second-order valence-corrected chi connectivity index (χ2v) is 4.67. The first-order valence-electron chi connectivity index (χ1n) is 6.76. The van der Waals surface area contributed by atoms with Crippen molar-refractivity contribution in [1.82, 2.24) is 30.0 Å². The van der Waals surface area contributed by atoms with Crippen molar-refractivity contribution in [3.8, 4) is 0 Å². The molecule has 2 aromatic rings. The lowest BCUT2D eigenvalue weighted by Gasteiger charge is -2.13. The Morgan fingerprint density at radius 1 is 1.60 bits per heavy atom. The van der Waals surface area contributed by atoms with Gasteiger partial charge < -0.3 is 15.6 Å². The average Bonchev–Trinajstić information content (AvgIpc) is 3.13. The fourth-order valence-corrected chi connectivity index (χ4v) is 2.21. The van der Waals surface area contributed by atoms with Gasteiger partial charge in [0.25, 0.3) is 5.91 Å². The second-order valence-electron chi connectivity index (χ2n) is 4.67. The lowest BCUT2D eigenvalue weighted by atomic mass is 10.2. The summed E-state index contributed by atoms with van der Waals surface area (Å²) in [6.07, 6.45) is 5.13. The van der Waals surface area contributed by atoms with Crippen LogP contribution >= 0.6 is 0 Å². The number of nitrogens with one attached hydrogen (secondary N) is 3. The molecule has 0 fully saturated rings. The number of carbonyl (C=O) groups is 1. The highest BCUT2D eigenvalue weighted by molar-refractivity contribution is 5.90. The first-order valence-corrected chi connectivity index (χ1v) is 6.76. The van der Waals surface area contributed by atoms with Gasteiger partial charge in [-0.1, -0.05) is 6.92 Å². The van der Waals surface area contributed by atoms with Crippen LogP contribution in [0.4, 0.5) is 5.95 Å². The summed E-state index contributed by atoms with van der Waals surface area (Å²) < 4.78 is 1.73. The molecule has 106 valence electrons. The molecule has 8 nitrogen and oxygen atoms in total. The summed E-state index contributed by atoms with van der Waals surface area (Å²) in [6.45, 7) is 3.64. The highest BCUT2D eigenvalue weighted by atomic mass is 16.2. The number of carbonyl (C=O) groups excluding carboxylic acids is 1. The minimum atomic E-state index is -0.281. The number of anilines is 1. The largest absolute Gasteiger partial charge is 0.354 e. The number of hydrogen-bond acceptors (Lipinski definition) is 5. The average molecular weight is 275 g/mol. The Hall–Kier alpha value is -2.38. The van der Waals surface area contributed by atoms with Crippen LogP contribution in [0, 0.1) is 0 Å². The Morgan fingerprint density at radius 2 is 2.50 bits per heavy atom. The number of amides is 1. The molecule has 0 aliphatic carbocycles. The second kappa shape index (κ2) is 5.32. The fraction of sp³-hybridized carbons (Fsp3) is 0.500. The monoisotopic (exact) mass is 275 g/mol. The van der Waals surface area contributed by atoms with Gasteiger partial charge in [-0.2, -0.15) is 4.98 Å². The maximum absolute atomic E-state index is 12.2. The van der Waals surface area contributed by atoms with Gasteiger partial charge in [-0.15, -0.1) is 5.10 Å². The van der Waals surface area contributed by atoms with E-state index in [4.69, 9.17) is 0 Å². The number of rotatable bonds is 4. The van der Waals surface area contributed by atoms with E-state index in [0.717, 1.165) is 31.8 Å². The topological polar surface area (TPSA) is 101 Å². The van der Waals surface area contributed by atoms with Crippen LogP contribution in [0.3, 0.4) is 0 Å². The van der Waals surface area contributed by atoms with Crippen LogP contribution in [0.1, 0.15) is 42.3 Å². The summed E-state index contributed by atoms with van der Waals surface area (Å²) in [5.74, 6) is 1.31. The Morgan fingerprint density at radius 3 is 3.20 bits per heavy atom. The first kappa shape index (κ1) is 12.6. The molecule has 1 aliphatic heterocycles. The number of H-pyrrole nitrogens is 1. The summed E-state index contributed by atoms with van der Waals surface area (Å²) in [5.41, 5.74) is 0. The predicted molar refractivity (Wildman–Crippen MR) is 72.2 cm³/mol. The Balaban J connectivity index is 1.74. The molecule has 0 radical (unpaired) electrons. The Bertz CT molecular complexity index is 565. The zero-order chi connectivity index (χ0) is 13.9.